The standard InChI is InChI=1S/C17H22FN5O2/c1-11(16(24)19-9-8-18)21-17(25)20-10-15-22-13-4-2-3-5-14(13)23(15)12-6-7-12/h2-5,11-12H,6-10H2,1H3,(H,19,24)(H2,20,21,25). The van der Waals surface area contributed by atoms with Gasteiger partial charge in [0.25, 0.3) is 0 Å². The number of carbonyl (C=O) groups is 2. The van der Waals surface area contributed by atoms with Crippen molar-refractivity contribution in [3.63, 3.8) is 0 Å². The molecule has 3 rings (SSSR count). The van der Waals surface area contributed by atoms with Gasteiger partial charge in [-0.3, -0.25) is 4.79 Å². The molecule has 1 aromatic carbocycles. The zero-order valence-corrected chi connectivity index (χ0v) is 14.1. The number of halogens is 1. The fourth-order valence-corrected chi connectivity index (χ4v) is 2.76. The lowest BCUT2D eigenvalue weighted by Crippen LogP contribution is -2.48. The van der Waals surface area contributed by atoms with Crippen molar-refractivity contribution >= 4 is 23.0 Å². The maximum Gasteiger partial charge on any atom is 0.315 e. The Bertz CT molecular complexity index is 771. The molecule has 3 amide bonds. The number of urea groups is 1. The predicted octanol–water partition coefficient (Wildman–Crippen LogP) is 1.64. The zero-order valence-electron chi connectivity index (χ0n) is 14.1. The van der Waals surface area contributed by atoms with E-state index in [0.717, 1.165) is 29.7 Å². The van der Waals surface area contributed by atoms with E-state index in [9.17, 15) is 14.0 Å². The van der Waals surface area contributed by atoms with Crippen LogP contribution in [0.25, 0.3) is 11.0 Å². The second kappa shape index (κ2) is 7.50. The molecule has 0 bridgehead atoms. The molecule has 1 heterocycles. The van der Waals surface area contributed by atoms with E-state index in [1.165, 1.54) is 0 Å². The summed E-state index contributed by atoms with van der Waals surface area (Å²) < 4.78 is 14.2. The van der Waals surface area contributed by atoms with E-state index >= 15 is 0 Å². The SMILES string of the molecule is CC(NC(=O)NCc1nc2ccccc2n1C1CC1)C(=O)NCCF. The van der Waals surface area contributed by atoms with Crippen molar-refractivity contribution in [2.45, 2.75) is 38.4 Å². The summed E-state index contributed by atoms with van der Waals surface area (Å²) in [5, 5.41) is 7.66. The van der Waals surface area contributed by atoms with E-state index in [4.69, 9.17) is 0 Å². The first-order chi connectivity index (χ1) is 12.1. The number of aromatic nitrogens is 2. The van der Waals surface area contributed by atoms with Gasteiger partial charge in [-0.1, -0.05) is 12.1 Å². The monoisotopic (exact) mass is 347 g/mol. The lowest BCUT2D eigenvalue weighted by molar-refractivity contribution is -0.122. The summed E-state index contributed by atoms with van der Waals surface area (Å²) in [6, 6.07) is 7.14. The summed E-state index contributed by atoms with van der Waals surface area (Å²) in [7, 11) is 0. The molecule has 1 atom stereocenters. The van der Waals surface area contributed by atoms with Crippen molar-refractivity contribution < 1.29 is 14.0 Å². The van der Waals surface area contributed by atoms with Gasteiger partial charge in [0.2, 0.25) is 5.91 Å². The number of amides is 3. The molecule has 25 heavy (non-hydrogen) atoms. The van der Waals surface area contributed by atoms with Gasteiger partial charge in [-0.25, -0.2) is 14.2 Å². The van der Waals surface area contributed by atoms with Gasteiger partial charge in [-0.05, 0) is 31.9 Å². The molecular weight excluding hydrogens is 325 g/mol. The summed E-state index contributed by atoms with van der Waals surface area (Å²) in [6.45, 7) is 1.13. The highest BCUT2D eigenvalue weighted by atomic mass is 19.1. The topological polar surface area (TPSA) is 88.1 Å². The fraction of sp³-hybridized carbons (Fsp3) is 0.471. The number of nitrogens with one attached hydrogen (secondary N) is 3. The minimum absolute atomic E-state index is 0.0577. The largest absolute Gasteiger partial charge is 0.352 e. The quantitative estimate of drug-likeness (QED) is 0.711. The van der Waals surface area contributed by atoms with Crippen molar-refractivity contribution in [3.8, 4) is 0 Å². The number of imidazole rings is 1. The molecule has 3 N–H and O–H groups in total. The van der Waals surface area contributed by atoms with Crippen LogP contribution in [0.15, 0.2) is 24.3 Å². The molecule has 134 valence electrons. The number of fused-ring (bicyclic) bond motifs is 1. The lowest BCUT2D eigenvalue weighted by atomic mass is 10.3. The second-order valence-electron chi connectivity index (χ2n) is 6.15. The van der Waals surface area contributed by atoms with Crippen molar-refractivity contribution in [2.75, 3.05) is 13.2 Å². The van der Waals surface area contributed by atoms with Crippen LogP contribution < -0.4 is 16.0 Å². The summed E-state index contributed by atoms with van der Waals surface area (Å²) in [5.74, 6) is 0.381. The summed E-state index contributed by atoms with van der Waals surface area (Å²) in [4.78, 5) is 28.2. The van der Waals surface area contributed by atoms with Crippen LogP contribution in [0.5, 0.6) is 0 Å². The maximum atomic E-state index is 12.1. The lowest BCUT2D eigenvalue weighted by Gasteiger charge is -2.14. The van der Waals surface area contributed by atoms with Gasteiger partial charge < -0.3 is 20.5 Å². The predicted molar refractivity (Wildman–Crippen MR) is 91.8 cm³/mol. The third kappa shape index (κ3) is 4.07. The Labute approximate surface area is 145 Å². The van der Waals surface area contributed by atoms with Gasteiger partial charge in [-0.15, -0.1) is 0 Å². The molecule has 0 aliphatic heterocycles. The number of para-hydroxylation sites is 2. The average Bonchev–Trinajstić information content (AvgIpc) is 3.37. The highest BCUT2D eigenvalue weighted by molar-refractivity contribution is 5.86. The number of alkyl halides is 1. The van der Waals surface area contributed by atoms with Crippen LogP contribution in [-0.4, -0.2) is 40.8 Å². The Hall–Kier alpha value is -2.64. The van der Waals surface area contributed by atoms with Gasteiger partial charge in [0.05, 0.1) is 17.6 Å². The molecule has 1 aromatic heterocycles. The first-order valence-corrected chi connectivity index (χ1v) is 8.44. The molecule has 2 aromatic rings. The smallest absolute Gasteiger partial charge is 0.315 e. The summed E-state index contributed by atoms with van der Waals surface area (Å²) in [6.07, 6.45) is 2.23. The number of benzene rings is 1. The molecule has 7 nitrogen and oxygen atoms in total. The van der Waals surface area contributed by atoms with Crippen LogP contribution in [0.3, 0.4) is 0 Å². The van der Waals surface area contributed by atoms with E-state index in [2.05, 4.69) is 25.5 Å². The molecule has 1 aliphatic rings. The van der Waals surface area contributed by atoms with Crippen LogP contribution >= 0.6 is 0 Å². The van der Waals surface area contributed by atoms with Gasteiger partial charge in [0, 0.05) is 12.6 Å². The van der Waals surface area contributed by atoms with Crippen LogP contribution in [0.4, 0.5) is 9.18 Å². The Kier molecular flexibility index (Phi) is 5.16. The normalized spacial score (nSPS) is 15.0. The van der Waals surface area contributed by atoms with E-state index in [1.54, 1.807) is 6.92 Å². The van der Waals surface area contributed by atoms with E-state index in [1.807, 2.05) is 24.3 Å². The molecule has 1 unspecified atom stereocenters. The van der Waals surface area contributed by atoms with E-state index < -0.39 is 24.7 Å². The first kappa shape index (κ1) is 17.2. The van der Waals surface area contributed by atoms with Crippen LogP contribution in [0, 0.1) is 0 Å². The number of hydrogen-bond donors (Lipinski definition) is 3. The second-order valence-corrected chi connectivity index (χ2v) is 6.15. The fourth-order valence-electron chi connectivity index (χ4n) is 2.76. The average molecular weight is 347 g/mol. The molecule has 1 fully saturated rings. The zero-order chi connectivity index (χ0) is 17.8. The van der Waals surface area contributed by atoms with E-state index in [-0.39, 0.29) is 13.1 Å². The molecule has 1 saturated carbocycles. The summed E-state index contributed by atoms with van der Waals surface area (Å²) in [5.41, 5.74) is 1.98. The molecular formula is C17H22FN5O2. The van der Waals surface area contributed by atoms with Gasteiger partial charge in [-0.2, -0.15) is 0 Å². The molecule has 0 radical (unpaired) electrons. The highest BCUT2D eigenvalue weighted by Gasteiger charge is 2.28. The Morgan fingerprint density at radius 1 is 1.32 bits per heavy atom. The van der Waals surface area contributed by atoms with Crippen LogP contribution in [-0.2, 0) is 11.3 Å². The number of rotatable bonds is 7. The minimum atomic E-state index is -0.742. The Morgan fingerprint density at radius 2 is 2.08 bits per heavy atom. The maximum absolute atomic E-state index is 12.1. The Morgan fingerprint density at radius 3 is 2.80 bits per heavy atom. The molecule has 0 saturated heterocycles. The number of carbonyl (C=O) groups excluding carboxylic acids is 2. The highest BCUT2D eigenvalue weighted by Crippen LogP contribution is 2.38. The third-order valence-corrected chi connectivity index (χ3v) is 4.12. The van der Waals surface area contributed by atoms with Gasteiger partial charge >= 0.3 is 6.03 Å². The van der Waals surface area contributed by atoms with Gasteiger partial charge in [0.1, 0.15) is 18.5 Å². The first-order valence-electron chi connectivity index (χ1n) is 8.44. The van der Waals surface area contributed by atoms with Gasteiger partial charge in [0.15, 0.2) is 0 Å². The van der Waals surface area contributed by atoms with Crippen LogP contribution in [0.2, 0.25) is 0 Å². The minimum Gasteiger partial charge on any atom is -0.352 e. The number of hydrogen-bond acceptors (Lipinski definition) is 3. The molecule has 0 spiro atoms. The van der Waals surface area contributed by atoms with Crippen molar-refractivity contribution in [1.82, 2.24) is 25.5 Å². The Balaban J connectivity index is 1.60. The van der Waals surface area contributed by atoms with E-state index in [0.29, 0.717) is 6.04 Å². The molecule has 8 heteroatoms. The van der Waals surface area contributed by atoms with Crippen LogP contribution in [0.1, 0.15) is 31.6 Å². The third-order valence-electron chi connectivity index (χ3n) is 4.12. The number of nitrogens with zero attached hydrogens (tertiary/aromatic N) is 2. The van der Waals surface area contributed by atoms with Crippen molar-refractivity contribution in [2.24, 2.45) is 0 Å². The van der Waals surface area contributed by atoms with Crippen molar-refractivity contribution in [3.05, 3.63) is 30.1 Å². The van der Waals surface area contributed by atoms with Crippen molar-refractivity contribution in [1.29, 1.82) is 0 Å². The summed E-state index contributed by atoms with van der Waals surface area (Å²) >= 11 is 0. The molecule has 1 aliphatic carbocycles.